The number of benzene rings is 2. The molecule has 10 heterocycles. The van der Waals surface area contributed by atoms with Crippen LogP contribution < -0.4 is 40.5 Å². The Bertz CT molecular complexity index is 3140. The van der Waals surface area contributed by atoms with E-state index in [2.05, 4.69) is 60.3 Å². The molecule has 12 rings (SSSR count). The summed E-state index contributed by atoms with van der Waals surface area (Å²) in [5, 5.41) is 6.11. The van der Waals surface area contributed by atoms with E-state index in [4.69, 9.17) is 34.2 Å². The highest BCUT2D eigenvalue weighted by Gasteiger charge is 2.42. The van der Waals surface area contributed by atoms with Crippen molar-refractivity contribution >= 4 is 40.7 Å². The van der Waals surface area contributed by atoms with Crippen LogP contribution in [0.5, 0.6) is 11.8 Å². The maximum atomic E-state index is 13.6. The number of amides is 2. The first-order chi connectivity index (χ1) is 37.1. The van der Waals surface area contributed by atoms with Crippen LogP contribution in [0.1, 0.15) is 51.7 Å². The van der Waals surface area contributed by atoms with Gasteiger partial charge in [-0.3, -0.25) is 10.2 Å². The van der Waals surface area contributed by atoms with Gasteiger partial charge in [-0.1, -0.05) is 24.3 Å². The fraction of sp³-hybridized carbons (Fsp3) is 0.431. The number of nitrogens with zero attached hydrogens (tertiary/aromatic N) is 11. The predicted octanol–water partition coefficient (Wildman–Crippen LogP) is 7.87. The number of rotatable bonds is 9. The molecule has 21 nitrogen and oxygen atoms in total. The quantitative estimate of drug-likeness (QED) is 0.117. The molecule has 78 heavy (non-hydrogen) atoms. The molecule has 4 N–H and O–H groups in total. The Kier molecular flexibility index (Phi) is 14.8. The molecule has 2 amide bonds. The van der Waals surface area contributed by atoms with Crippen molar-refractivity contribution in [1.29, 1.82) is 0 Å². The monoisotopic (exact) mass is 1090 g/mol. The van der Waals surface area contributed by atoms with Gasteiger partial charge in [0, 0.05) is 55.5 Å². The van der Waals surface area contributed by atoms with Crippen molar-refractivity contribution in [1.82, 2.24) is 39.9 Å². The van der Waals surface area contributed by atoms with Gasteiger partial charge in [0.15, 0.2) is 34.9 Å². The molecule has 0 saturated carbocycles. The number of nitrogens with two attached hydrogens (primary N) is 1. The van der Waals surface area contributed by atoms with E-state index in [-0.39, 0.29) is 47.9 Å². The Morgan fingerprint density at radius 1 is 0.718 bits per heavy atom. The molecular formula is C51H54F6N14O7. The van der Waals surface area contributed by atoms with Gasteiger partial charge in [-0.25, -0.2) is 44.7 Å². The summed E-state index contributed by atoms with van der Waals surface area (Å²) in [5.74, 6) is 1.50. The molecule has 4 aromatic heterocycles. The van der Waals surface area contributed by atoms with Crippen molar-refractivity contribution in [3.8, 4) is 34.5 Å². The molecular weight excluding hydrogens is 1030 g/mol. The lowest BCUT2D eigenvalue weighted by Gasteiger charge is -2.35. The second-order valence-corrected chi connectivity index (χ2v) is 19.8. The van der Waals surface area contributed by atoms with Gasteiger partial charge in [0.1, 0.15) is 49.7 Å². The highest BCUT2D eigenvalue weighted by molar-refractivity contribution is 6.04. The van der Waals surface area contributed by atoms with Crippen LogP contribution >= 0.6 is 0 Å². The summed E-state index contributed by atoms with van der Waals surface area (Å²) >= 11 is 0. The highest BCUT2D eigenvalue weighted by atomic mass is 19.4. The topological polar surface area (TPSA) is 235 Å². The third kappa shape index (κ3) is 12.6. The van der Waals surface area contributed by atoms with Gasteiger partial charge in [0.25, 0.3) is 0 Å². The molecule has 27 heteroatoms. The fourth-order valence-corrected chi connectivity index (χ4v) is 9.46. The second kappa shape index (κ2) is 21.6. The number of alkyl halides is 6. The summed E-state index contributed by atoms with van der Waals surface area (Å²) in [6.45, 7) is 12.1. The Labute approximate surface area is 442 Å². The van der Waals surface area contributed by atoms with E-state index in [9.17, 15) is 31.1 Å². The Balaban J connectivity index is 0.000000151. The zero-order valence-electron chi connectivity index (χ0n) is 42.6. The smallest absolute Gasteiger partial charge is 0.416 e. The lowest BCUT2D eigenvalue weighted by atomic mass is 10.1. The Morgan fingerprint density at radius 3 is 1.87 bits per heavy atom. The van der Waals surface area contributed by atoms with Gasteiger partial charge in [-0.2, -0.15) is 26.3 Å². The third-order valence-corrected chi connectivity index (χ3v) is 13.1. The molecule has 0 aliphatic carbocycles. The van der Waals surface area contributed by atoms with Gasteiger partial charge in [0.2, 0.25) is 11.8 Å². The largest absolute Gasteiger partial charge is 0.475 e. The molecule has 6 aromatic rings. The van der Waals surface area contributed by atoms with Crippen LogP contribution in [0.4, 0.5) is 65.8 Å². The van der Waals surface area contributed by atoms with Crippen LogP contribution in [0.2, 0.25) is 0 Å². The Hall–Kier alpha value is -7.75. The molecule has 4 saturated heterocycles. The van der Waals surface area contributed by atoms with Crippen LogP contribution in [-0.2, 0) is 31.3 Å². The van der Waals surface area contributed by atoms with Crippen LogP contribution in [0.15, 0.2) is 85.7 Å². The minimum Gasteiger partial charge on any atom is -0.475 e. The molecule has 6 aliphatic heterocycles. The first-order valence-electron chi connectivity index (χ1n) is 24.9. The summed E-state index contributed by atoms with van der Waals surface area (Å²) in [6, 6.07) is 12.7. The normalized spacial score (nSPS) is 21.3. The number of halogens is 6. The number of nitrogens with one attached hydrogen (secondary N) is 2. The first-order valence-corrected chi connectivity index (χ1v) is 24.9. The van der Waals surface area contributed by atoms with Crippen LogP contribution in [0, 0.1) is 0 Å². The summed E-state index contributed by atoms with van der Waals surface area (Å²) in [7, 11) is 0. The number of fused-ring (bicyclic) bond motifs is 8. The van der Waals surface area contributed by atoms with Crippen molar-refractivity contribution in [2.45, 2.75) is 88.8 Å². The van der Waals surface area contributed by atoms with Crippen molar-refractivity contribution in [2.24, 2.45) is 0 Å². The molecule has 0 radical (unpaired) electrons. The van der Waals surface area contributed by atoms with Gasteiger partial charge in [-0.15, -0.1) is 0 Å². The third-order valence-electron chi connectivity index (χ3n) is 13.1. The second-order valence-electron chi connectivity index (χ2n) is 19.8. The van der Waals surface area contributed by atoms with Crippen LogP contribution in [0.3, 0.4) is 0 Å². The zero-order valence-corrected chi connectivity index (χ0v) is 42.6. The van der Waals surface area contributed by atoms with Gasteiger partial charge in [-0.05, 0) is 64.8 Å². The maximum absolute atomic E-state index is 13.6. The molecule has 2 aromatic carbocycles. The van der Waals surface area contributed by atoms with E-state index in [1.807, 2.05) is 27.7 Å². The summed E-state index contributed by atoms with van der Waals surface area (Å²) in [6.07, 6.45) is -1.61. The number of nitrogen functional groups attached to an aromatic ring is 1. The average Bonchev–Trinajstić information content (AvgIpc) is 4.21. The minimum absolute atomic E-state index is 0.0776. The summed E-state index contributed by atoms with van der Waals surface area (Å²) in [4.78, 5) is 52.8. The maximum Gasteiger partial charge on any atom is 0.416 e. The van der Waals surface area contributed by atoms with Crippen LogP contribution in [0.25, 0.3) is 22.8 Å². The fourth-order valence-electron chi connectivity index (χ4n) is 9.46. The molecule has 0 spiro atoms. The summed E-state index contributed by atoms with van der Waals surface area (Å²) in [5.41, 5.74) is 6.12. The first kappa shape index (κ1) is 53.6. The minimum atomic E-state index is -4.50. The number of carbonyl (C=O) groups excluding carboxylic acids is 1. The number of urea groups is 1. The molecule has 0 unspecified atom stereocenters. The molecule has 4 fully saturated rings. The molecule has 6 aliphatic rings. The number of carbonyl (C=O) groups is 1. The standard InChI is InChI=1S/C26H26F3N7O4.C15H13F3N4.C10H15N3O3/c1-25(2)39-13-18(40-25)12-38-21-9-20(31-14-32-21)33-24(37)36-17-6-7-35(11-17)19-10-30-22(34-23(19)36)15-4-3-5-16(8-15)26(27,28)29;16-15(17,18)10-3-1-2-9(6-10)13-19-7-12-14(21-13)20-11-4-5-22(12)8-11;1-10(2)15-5-7(16-10)4-14-9-3-8(11)12-6-13-9/h3-5,8-10,14,17-18H,6-7,11-13H2,1-2H3,(H,31,32,33,37);1-3,6-7,11H,4-5,8H2,(H,19,20,21);3,6-7H,4-5H2,1-2H3,(H2,11,12,13)/t17-,18-;11-;7-/m000/s1. The average molecular weight is 1090 g/mol. The van der Waals surface area contributed by atoms with Gasteiger partial charge in [0.05, 0.1) is 54.2 Å². The van der Waals surface area contributed by atoms with Crippen molar-refractivity contribution in [3.63, 3.8) is 0 Å². The lowest BCUT2D eigenvalue weighted by molar-refractivity contribution is -0.142. The van der Waals surface area contributed by atoms with Crippen molar-refractivity contribution in [2.75, 3.05) is 83.7 Å². The van der Waals surface area contributed by atoms with Crippen molar-refractivity contribution in [3.05, 3.63) is 96.8 Å². The predicted molar refractivity (Wildman–Crippen MR) is 271 cm³/mol. The number of aromatic nitrogens is 8. The van der Waals surface area contributed by atoms with E-state index in [0.717, 1.165) is 49.5 Å². The van der Waals surface area contributed by atoms with E-state index in [1.165, 1.54) is 41.8 Å². The SMILES string of the molecule is CC1(C)OC[C@H](COc2cc(N)ncn2)O1.CC1(C)OC[C@H](COc2cc(NC(=O)N3c4nc(-c5cccc(C(F)(F)F)c5)ncc4N4CC[C@H]3C4)ncn2)O1.FC(F)(F)c1cccc(-c2ncc3c(n2)N[C@H]2CCN3C2)c1. The number of ether oxygens (including phenoxy) is 6. The van der Waals surface area contributed by atoms with Gasteiger partial charge < -0.3 is 49.3 Å². The Morgan fingerprint density at radius 2 is 1.28 bits per heavy atom. The molecule has 412 valence electrons. The van der Waals surface area contributed by atoms with E-state index >= 15 is 0 Å². The highest BCUT2D eigenvalue weighted by Crippen LogP contribution is 2.41. The number of hydrogen-bond donors (Lipinski definition) is 3. The van der Waals surface area contributed by atoms with E-state index in [0.29, 0.717) is 85.8 Å². The number of hydrogen-bond acceptors (Lipinski definition) is 19. The van der Waals surface area contributed by atoms with Crippen LogP contribution in [-0.4, -0.2) is 134 Å². The van der Waals surface area contributed by atoms with Gasteiger partial charge >= 0.3 is 18.4 Å². The van der Waals surface area contributed by atoms with E-state index < -0.39 is 41.1 Å². The molecule has 4 atom stereocenters. The summed E-state index contributed by atoms with van der Waals surface area (Å²) < 4.78 is 112. The van der Waals surface area contributed by atoms with E-state index in [1.54, 1.807) is 24.5 Å². The zero-order chi connectivity index (χ0) is 55.0. The molecule has 4 bridgehead atoms. The number of anilines is 6. The van der Waals surface area contributed by atoms with Crippen molar-refractivity contribution < 1.29 is 59.6 Å². The lowest BCUT2D eigenvalue weighted by Crippen LogP contribution is -2.48.